The summed E-state index contributed by atoms with van der Waals surface area (Å²) < 4.78 is 23.6. The highest BCUT2D eigenvalue weighted by Crippen LogP contribution is 2.12. The average Bonchev–Trinajstić information content (AvgIpc) is 3.31. The second-order valence-corrected chi connectivity index (χ2v) is 6.87. The van der Waals surface area contributed by atoms with Crippen molar-refractivity contribution in [2.24, 2.45) is 4.99 Å². The molecule has 0 spiro atoms. The molecule has 2 heterocycles. The number of halogens is 2. The Morgan fingerprint density at radius 1 is 1.23 bits per heavy atom. The number of guanidine groups is 1. The van der Waals surface area contributed by atoms with Gasteiger partial charge in [-0.2, -0.15) is 0 Å². The van der Waals surface area contributed by atoms with Crippen molar-refractivity contribution in [3.8, 4) is 5.75 Å². The summed E-state index contributed by atoms with van der Waals surface area (Å²) in [5.41, 5.74) is 0. The summed E-state index contributed by atoms with van der Waals surface area (Å²) in [6.07, 6.45) is 0.690. The van der Waals surface area contributed by atoms with Crippen LogP contribution in [0.1, 0.15) is 17.5 Å². The van der Waals surface area contributed by atoms with Crippen LogP contribution in [0.3, 0.4) is 0 Å². The first-order valence-electron chi connectivity index (χ1n) is 9.99. The van der Waals surface area contributed by atoms with Gasteiger partial charge in [-0.3, -0.25) is 9.79 Å². The van der Waals surface area contributed by atoms with E-state index >= 15 is 0 Å². The predicted molar refractivity (Wildman–Crippen MR) is 125 cm³/mol. The van der Waals surface area contributed by atoms with Crippen LogP contribution < -0.4 is 10.1 Å². The maximum absolute atomic E-state index is 12.9. The zero-order valence-electron chi connectivity index (χ0n) is 17.4. The maximum Gasteiger partial charge on any atom is 0.289 e. The number of piperazine rings is 1. The molecule has 2 N–H and O–H groups in total. The lowest BCUT2D eigenvalue weighted by molar-refractivity contribution is 0.0657. The minimum atomic E-state index is -0.800. The topological polar surface area (TPSA) is 90.5 Å². The van der Waals surface area contributed by atoms with Crippen molar-refractivity contribution in [2.75, 3.05) is 45.9 Å². The van der Waals surface area contributed by atoms with Gasteiger partial charge in [-0.25, -0.2) is 4.39 Å². The van der Waals surface area contributed by atoms with Crippen molar-refractivity contribution in [3.63, 3.8) is 0 Å². The van der Waals surface area contributed by atoms with E-state index in [4.69, 9.17) is 9.15 Å². The lowest BCUT2D eigenvalue weighted by Gasteiger charge is -2.36. The van der Waals surface area contributed by atoms with E-state index < -0.39 is 6.10 Å². The third-order valence-corrected chi connectivity index (χ3v) is 4.64. The fourth-order valence-electron chi connectivity index (χ4n) is 3.07. The Labute approximate surface area is 198 Å². The second-order valence-electron chi connectivity index (χ2n) is 6.87. The Balaban J connectivity index is 0.00000341. The third-order valence-electron chi connectivity index (χ3n) is 4.64. The number of rotatable bonds is 7. The van der Waals surface area contributed by atoms with Gasteiger partial charge in [0.2, 0.25) is 0 Å². The van der Waals surface area contributed by atoms with Gasteiger partial charge in [0.25, 0.3) is 5.91 Å². The van der Waals surface area contributed by atoms with E-state index in [1.54, 1.807) is 17.0 Å². The van der Waals surface area contributed by atoms with Crippen molar-refractivity contribution in [1.82, 2.24) is 15.1 Å². The molecule has 10 heteroatoms. The largest absolute Gasteiger partial charge is 0.491 e. The summed E-state index contributed by atoms with van der Waals surface area (Å²) in [6.45, 7) is 5.24. The molecule has 0 aliphatic carbocycles. The number of nitrogens with one attached hydrogen (secondary N) is 1. The van der Waals surface area contributed by atoms with Crippen molar-refractivity contribution < 1.29 is 23.4 Å². The Morgan fingerprint density at radius 3 is 2.52 bits per heavy atom. The number of carbonyl (C=O) groups is 1. The summed E-state index contributed by atoms with van der Waals surface area (Å²) in [7, 11) is 0. The van der Waals surface area contributed by atoms with E-state index in [9.17, 15) is 14.3 Å². The number of nitrogens with zero attached hydrogens (tertiary/aromatic N) is 3. The first kappa shape index (κ1) is 24.9. The van der Waals surface area contributed by atoms with Gasteiger partial charge >= 0.3 is 0 Å². The third kappa shape index (κ3) is 7.39. The van der Waals surface area contributed by atoms with Gasteiger partial charge < -0.3 is 29.4 Å². The van der Waals surface area contributed by atoms with Crippen molar-refractivity contribution in [3.05, 3.63) is 54.2 Å². The summed E-state index contributed by atoms with van der Waals surface area (Å²) in [5, 5.41) is 13.4. The van der Waals surface area contributed by atoms with Gasteiger partial charge in [0.05, 0.1) is 12.8 Å². The Kier molecular flexibility index (Phi) is 10.0. The second kappa shape index (κ2) is 12.5. The van der Waals surface area contributed by atoms with Crippen LogP contribution in [0.2, 0.25) is 0 Å². The molecule has 0 radical (unpaired) electrons. The summed E-state index contributed by atoms with van der Waals surface area (Å²) in [4.78, 5) is 20.7. The number of aliphatic hydroxyl groups excluding tert-OH is 1. The van der Waals surface area contributed by atoms with Crippen LogP contribution >= 0.6 is 24.0 Å². The first-order valence-corrected chi connectivity index (χ1v) is 9.99. The van der Waals surface area contributed by atoms with E-state index in [2.05, 4.69) is 15.2 Å². The molecular formula is C21H28FIN4O4. The van der Waals surface area contributed by atoms with E-state index in [0.29, 0.717) is 50.2 Å². The standard InChI is InChI=1S/C21H27FN4O4.HI/c1-2-23-21(24-14-17(27)15-30-18-7-5-16(22)6-8-18)26-11-9-25(10-12-26)20(28)19-4-3-13-29-19;/h3-8,13,17,27H,2,9-12,14-15H2,1H3,(H,23,24);1H. The summed E-state index contributed by atoms with van der Waals surface area (Å²) in [5.74, 6) is 1.06. The molecule has 31 heavy (non-hydrogen) atoms. The molecule has 1 aromatic carbocycles. The quantitative estimate of drug-likeness (QED) is 0.315. The molecule has 1 aliphatic heterocycles. The van der Waals surface area contributed by atoms with Gasteiger partial charge in [0.1, 0.15) is 24.3 Å². The van der Waals surface area contributed by atoms with Crippen LogP contribution in [0, 0.1) is 5.82 Å². The first-order chi connectivity index (χ1) is 14.6. The highest BCUT2D eigenvalue weighted by Gasteiger charge is 2.25. The zero-order valence-corrected chi connectivity index (χ0v) is 19.7. The predicted octanol–water partition coefficient (Wildman–Crippen LogP) is 2.20. The molecule has 1 fully saturated rings. The van der Waals surface area contributed by atoms with Crippen LogP contribution in [0.15, 0.2) is 52.1 Å². The zero-order chi connectivity index (χ0) is 21.3. The number of ether oxygens (including phenoxy) is 1. The van der Waals surface area contributed by atoms with Crippen LogP contribution in [-0.2, 0) is 0 Å². The van der Waals surface area contributed by atoms with Crippen LogP contribution in [-0.4, -0.2) is 78.8 Å². The monoisotopic (exact) mass is 546 g/mol. The Morgan fingerprint density at radius 2 is 1.90 bits per heavy atom. The number of benzene rings is 1. The molecule has 1 aromatic heterocycles. The number of aliphatic imine (C=N–C) groups is 1. The SMILES string of the molecule is CCNC(=NCC(O)COc1ccc(F)cc1)N1CCN(C(=O)c2ccco2)CC1.I. The lowest BCUT2D eigenvalue weighted by Crippen LogP contribution is -2.54. The molecule has 1 saturated heterocycles. The Bertz CT molecular complexity index is 824. The molecule has 1 atom stereocenters. The van der Waals surface area contributed by atoms with E-state index in [-0.39, 0.29) is 48.9 Å². The fraction of sp³-hybridized carbons (Fsp3) is 0.429. The molecule has 1 unspecified atom stereocenters. The number of hydrogen-bond acceptors (Lipinski definition) is 5. The fourth-order valence-corrected chi connectivity index (χ4v) is 3.07. The summed E-state index contributed by atoms with van der Waals surface area (Å²) in [6, 6.07) is 9.00. The summed E-state index contributed by atoms with van der Waals surface area (Å²) >= 11 is 0. The smallest absolute Gasteiger partial charge is 0.289 e. The molecule has 170 valence electrons. The highest BCUT2D eigenvalue weighted by molar-refractivity contribution is 14.0. The molecule has 1 aliphatic rings. The van der Waals surface area contributed by atoms with Gasteiger partial charge in [-0.15, -0.1) is 24.0 Å². The van der Waals surface area contributed by atoms with Crippen LogP contribution in [0.5, 0.6) is 5.75 Å². The normalized spacial score (nSPS) is 15.3. The average molecular weight is 546 g/mol. The van der Waals surface area contributed by atoms with Crippen LogP contribution in [0.4, 0.5) is 4.39 Å². The molecule has 2 aromatic rings. The van der Waals surface area contributed by atoms with Crippen LogP contribution in [0.25, 0.3) is 0 Å². The van der Waals surface area contributed by atoms with E-state index in [1.165, 1.54) is 30.5 Å². The van der Waals surface area contributed by atoms with E-state index in [1.807, 2.05) is 6.92 Å². The Hall–Kier alpha value is -2.34. The number of hydrogen-bond donors (Lipinski definition) is 2. The number of furan rings is 1. The maximum atomic E-state index is 12.9. The molecule has 0 saturated carbocycles. The number of carbonyl (C=O) groups excluding carboxylic acids is 1. The van der Waals surface area contributed by atoms with Crippen molar-refractivity contribution in [1.29, 1.82) is 0 Å². The highest BCUT2D eigenvalue weighted by atomic mass is 127. The molecule has 3 rings (SSSR count). The minimum Gasteiger partial charge on any atom is -0.491 e. The molecule has 0 bridgehead atoms. The number of aliphatic hydroxyl groups is 1. The minimum absolute atomic E-state index is 0. The van der Waals surface area contributed by atoms with Crippen molar-refractivity contribution in [2.45, 2.75) is 13.0 Å². The molecule has 1 amide bonds. The molecule has 8 nitrogen and oxygen atoms in total. The molecular weight excluding hydrogens is 518 g/mol. The van der Waals surface area contributed by atoms with Gasteiger partial charge in [0, 0.05) is 32.7 Å². The van der Waals surface area contributed by atoms with Crippen molar-refractivity contribution >= 4 is 35.8 Å². The van der Waals surface area contributed by atoms with Gasteiger partial charge in [0.15, 0.2) is 11.7 Å². The lowest BCUT2D eigenvalue weighted by atomic mass is 10.3. The van der Waals surface area contributed by atoms with Gasteiger partial charge in [-0.05, 0) is 43.3 Å². The van der Waals surface area contributed by atoms with E-state index in [0.717, 1.165) is 0 Å². The van der Waals surface area contributed by atoms with Gasteiger partial charge in [-0.1, -0.05) is 0 Å². The number of amides is 1.